The first kappa shape index (κ1) is 10.4. The molecule has 0 aliphatic heterocycles. The van der Waals surface area contributed by atoms with Crippen LogP contribution >= 0.6 is 15.9 Å². The lowest BCUT2D eigenvalue weighted by Gasteiger charge is -2.12. The van der Waals surface area contributed by atoms with E-state index in [2.05, 4.69) is 26.2 Å². The van der Waals surface area contributed by atoms with Gasteiger partial charge in [-0.2, -0.15) is 0 Å². The zero-order chi connectivity index (χ0) is 9.84. The van der Waals surface area contributed by atoms with Gasteiger partial charge in [-0.15, -0.1) is 0 Å². The fourth-order valence-electron chi connectivity index (χ4n) is 1.04. The second-order valence-corrected chi connectivity index (χ2v) is 3.62. The Bertz CT molecular complexity index is 293. The molecule has 1 atom stereocenters. The van der Waals surface area contributed by atoms with E-state index in [-0.39, 0.29) is 0 Å². The van der Waals surface area contributed by atoms with Gasteiger partial charge < -0.3 is 16.2 Å². The van der Waals surface area contributed by atoms with Gasteiger partial charge in [-0.05, 0) is 29.0 Å². The first-order valence-electron chi connectivity index (χ1n) is 3.88. The standard InChI is InChI=1S/C8H12BrN3O/c1-11-4-7(13)6-2-5(9)3-12-8(6)10/h2-3,7,11,13H,4H2,1H3,(H2,10,12). The number of anilines is 1. The van der Waals surface area contributed by atoms with Crippen LogP contribution < -0.4 is 11.1 Å². The maximum atomic E-state index is 9.62. The van der Waals surface area contributed by atoms with Crippen LogP contribution in [-0.2, 0) is 0 Å². The summed E-state index contributed by atoms with van der Waals surface area (Å²) < 4.78 is 0.812. The number of nitrogens with one attached hydrogen (secondary N) is 1. The largest absolute Gasteiger partial charge is 0.387 e. The summed E-state index contributed by atoms with van der Waals surface area (Å²) in [5.41, 5.74) is 6.24. The summed E-state index contributed by atoms with van der Waals surface area (Å²) in [5, 5.41) is 12.5. The van der Waals surface area contributed by atoms with Crippen LogP contribution in [0.2, 0.25) is 0 Å². The average Bonchev–Trinajstić information content (AvgIpc) is 2.09. The number of rotatable bonds is 3. The third-order valence-corrected chi connectivity index (χ3v) is 2.11. The molecule has 0 aliphatic rings. The van der Waals surface area contributed by atoms with Crippen molar-refractivity contribution in [1.29, 1.82) is 0 Å². The van der Waals surface area contributed by atoms with Crippen molar-refractivity contribution < 1.29 is 5.11 Å². The number of likely N-dealkylation sites (N-methyl/N-ethyl adjacent to an activating group) is 1. The van der Waals surface area contributed by atoms with Gasteiger partial charge in [0, 0.05) is 22.8 Å². The zero-order valence-corrected chi connectivity index (χ0v) is 8.87. The molecule has 1 aromatic heterocycles. The predicted molar refractivity (Wildman–Crippen MR) is 55.2 cm³/mol. The Labute approximate surface area is 85.3 Å². The van der Waals surface area contributed by atoms with E-state index in [1.807, 2.05) is 0 Å². The molecular formula is C8H12BrN3O. The van der Waals surface area contributed by atoms with Crippen LogP contribution in [0, 0.1) is 0 Å². The molecule has 5 heteroatoms. The lowest BCUT2D eigenvalue weighted by atomic mass is 10.1. The summed E-state index contributed by atoms with van der Waals surface area (Å²) in [5.74, 6) is 0.367. The molecule has 1 rings (SSSR count). The molecule has 1 heterocycles. The molecule has 13 heavy (non-hydrogen) atoms. The van der Waals surface area contributed by atoms with Gasteiger partial charge in [0.25, 0.3) is 0 Å². The zero-order valence-electron chi connectivity index (χ0n) is 7.29. The fourth-order valence-corrected chi connectivity index (χ4v) is 1.38. The number of hydrogen-bond acceptors (Lipinski definition) is 4. The highest BCUT2D eigenvalue weighted by Crippen LogP contribution is 2.21. The van der Waals surface area contributed by atoms with Gasteiger partial charge in [0.05, 0.1) is 6.10 Å². The highest BCUT2D eigenvalue weighted by atomic mass is 79.9. The quantitative estimate of drug-likeness (QED) is 0.733. The molecule has 1 aromatic rings. The number of pyridine rings is 1. The van der Waals surface area contributed by atoms with Gasteiger partial charge in [0.15, 0.2) is 0 Å². The Morgan fingerprint density at radius 2 is 2.46 bits per heavy atom. The molecule has 0 saturated heterocycles. The number of hydrogen-bond donors (Lipinski definition) is 3. The van der Waals surface area contributed by atoms with E-state index in [1.165, 1.54) is 0 Å². The van der Waals surface area contributed by atoms with Crippen molar-refractivity contribution in [3.8, 4) is 0 Å². The van der Waals surface area contributed by atoms with E-state index in [0.29, 0.717) is 17.9 Å². The minimum atomic E-state index is -0.616. The molecule has 0 saturated carbocycles. The summed E-state index contributed by atoms with van der Waals surface area (Å²) in [7, 11) is 1.77. The number of halogens is 1. The molecule has 0 radical (unpaired) electrons. The molecule has 0 spiro atoms. The summed E-state index contributed by atoms with van der Waals surface area (Å²) in [6.45, 7) is 0.461. The normalized spacial score (nSPS) is 12.8. The number of nitrogens with zero attached hydrogens (tertiary/aromatic N) is 1. The number of aliphatic hydroxyl groups excluding tert-OH is 1. The van der Waals surface area contributed by atoms with Gasteiger partial charge in [-0.25, -0.2) is 4.98 Å². The fraction of sp³-hybridized carbons (Fsp3) is 0.375. The van der Waals surface area contributed by atoms with Crippen LogP contribution in [0.15, 0.2) is 16.7 Å². The molecule has 1 unspecified atom stereocenters. The smallest absolute Gasteiger partial charge is 0.129 e. The Balaban J connectivity index is 2.91. The summed E-state index contributed by atoms with van der Waals surface area (Å²) in [6.07, 6.45) is 0.986. The van der Waals surface area contributed by atoms with Crippen molar-refractivity contribution in [2.45, 2.75) is 6.10 Å². The monoisotopic (exact) mass is 245 g/mol. The maximum Gasteiger partial charge on any atom is 0.129 e. The number of aromatic nitrogens is 1. The van der Waals surface area contributed by atoms with Crippen LogP contribution in [-0.4, -0.2) is 23.7 Å². The van der Waals surface area contributed by atoms with E-state index >= 15 is 0 Å². The van der Waals surface area contributed by atoms with E-state index in [9.17, 15) is 5.11 Å². The highest BCUT2D eigenvalue weighted by molar-refractivity contribution is 9.10. The molecule has 4 nitrogen and oxygen atoms in total. The van der Waals surface area contributed by atoms with E-state index in [1.54, 1.807) is 19.3 Å². The van der Waals surface area contributed by atoms with Gasteiger partial charge in [-0.1, -0.05) is 0 Å². The minimum Gasteiger partial charge on any atom is -0.387 e. The van der Waals surface area contributed by atoms with Gasteiger partial charge in [0.2, 0.25) is 0 Å². The first-order chi connectivity index (χ1) is 6.15. The topological polar surface area (TPSA) is 71.2 Å². The van der Waals surface area contributed by atoms with Gasteiger partial charge in [-0.3, -0.25) is 0 Å². The molecule has 0 amide bonds. The Kier molecular flexibility index (Phi) is 3.65. The minimum absolute atomic E-state index is 0.367. The van der Waals surface area contributed by atoms with Crippen molar-refractivity contribution in [2.75, 3.05) is 19.3 Å². The summed E-state index contributed by atoms with van der Waals surface area (Å²) in [6, 6.07) is 1.77. The van der Waals surface area contributed by atoms with Crippen molar-refractivity contribution in [2.24, 2.45) is 0 Å². The van der Waals surface area contributed by atoms with Crippen molar-refractivity contribution in [3.05, 3.63) is 22.3 Å². The van der Waals surface area contributed by atoms with Crippen molar-refractivity contribution in [1.82, 2.24) is 10.3 Å². The Morgan fingerprint density at radius 1 is 1.77 bits per heavy atom. The van der Waals surface area contributed by atoms with Gasteiger partial charge >= 0.3 is 0 Å². The molecule has 0 fully saturated rings. The van der Waals surface area contributed by atoms with Crippen LogP contribution in [0.3, 0.4) is 0 Å². The van der Waals surface area contributed by atoms with Crippen molar-refractivity contribution >= 4 is 21.7 Å². The lowest BCUT2D eigenvalue weighted by molar-refractivity contribution is 0.178. The summed E-state index contributed by atoms with van der Waals surface area (Å²) in [4.78, 5) is 3.93. The molecule has 0 aliphatic carbocycles. The summed E-state index contributed by atoms with van der Waals surface area (Å²) >= 11 is 3.27. The highest BCUT2D eigenvalue weighted by Gasteiger charge is 2.11. The number of nitrogens with two attached hydrogens (primary N) is 1. The molecule has 0 bridgehead atoms. The van der Waals surface area contributed by atoms with Crippen LogP contribution in [0.4, 0.5) is 5.82 Å². The van der Waals surface area contributed by atoms with Crippen LogP contribution in [0.5, 0.6) is 0 Å². The van der Waals surface area contributed by atoms with Crippen LogP contribution in [0.25, 0.3) is 0 Å². The molecule has 4 N–H and O–H groups in total. The van der Waals surface area contributed by atoms with E-state index in [4.69, 9.17) is 5.73 Å². The number of aliphatic hydroxyl groups is 1. The third-order valence-electron chi connectivity index (χ3n) is 1.67. The molecule has 0 aromatic carbocycles. The number of nitrogen functional groups attached to an aromatic ring is 1. The Morgan fingerprint density at radius 3 is 3.08 bits per heavy atom. The predicted octanol–water partition coefficient (Wildman–Crippen LogP) is 0.679. The van der Waals surface area contributed by atoms with Crippen molar-refractivity contribution in [3.63, 3.8) is 0 Å². The maximum absolute atomic E-state index is 9.62. The molecule has 72 valence electrons. The van der Waals surface area contributed by atoms with E-state index in [0.717, 1.165) is 4.47 Å². The first-order valence-corrected chi connectivity index (χ1v) is 4.68. The third kappa shape index (κ3) is 2.65. The Hall–Kier alpha value is -0.650. The molecular weight excluding hydrogens is 234 g/mol. The lowest BCUT2D eigenvalue weighted by Crippen LogP contribution is -2.18. The van der Waals surface area contributed by atoms with Crippen LogP contribution in [0.1, 0.15) is 11.7 Å². The average molecular weight is 246 g/mol. The SMILES string of the molecule is CNCC(O)c1cc(Br)cnc1N. The van der Waals surface area contributed by atoms with Gasteiger partial charge in [0.1, 0.15) is 5.82 Å². The van der Waals surface area contributed by atoms with E-state index < -0.39 is 6.10 Å². The second kappa shape index (κ2) is 4.55. The second-order valence-electron chi connectivity index (χ2n) is 2.70.